The topological polar surface area (TPSA) is 9.23 Å². The molecule has 1 nitrogen and oxygen atoms in total. The van der Waals surface area contributed by atoms with Crippen LogP contribution in [0.15, 0.2) is 0 Å². The van der Waals surface area contributed by atoms with Gasteiger partial charge in [0.25, 0.3) is 0 Å². The minimum atomic E-state index is 0.955. The Morgan fingerprint density at radius 2 is 0.429 bits per heavy atom. The van der Waals surface area contributed by atoms with Crippen molar-refractivity contribution in [3.8, 4) is 0 Å². The summed E-state index contributed by atoms with van der Waals surface area (Å²) in [6.45, 7) is 11.6. The number of hydrogen-bond donors (Lipinski definition) is 0. The Balaban J connectivity index is 3.15. The Labute approximate surface area is 313 Å². The van der Waals surface area contributed by atoms with Crippen LogP contribution in [0.2, 0.25) is 0 Å². The van der Waals surface area contributed by atoms with Gasteiger partial charge in [0.2, 0.25) is 0 Å². The zero-order valence-electron chi connectivity index (χ0n) is 35.3. The fourth-order valence-electron chi connectivity index (χ4n) is 7.87. The van der Waals surface area contributed by atoms with E-state index in [-0.39, 0.29) is 0 Å². The van der Waals surface area contributed by atoms with Crippen molar-refractivity contribution in [3.63, 3.8) is 0 Å². The highest BCUT2D eigenvalue weighted by Crippen LogP contribution is 2.21. The molecule has 0 rings (SSSR count). The summed E-state index contributed by atoms with van der Waals surface area (Å²) in [5.41, 5.74) is 0. The van der Waals surface area contributed by atoms with E-state index < -0.39 is 0 Å². The molecule has 0 aliphatic rings. The van der Waals surface area contributed by atoms with E-state index in [4.69, 9.17) is 4.74 Å². The van der Waals surface area contributed by atoms with Crippen LogP contribution in [-0.4, -0.2) is 13.2 Å². The fourth-order valence-corrected chi connectivity index (χ4v) is 7.87. The van der Waals surface area contributed by atoms with Crippen molar-refractivity contribution >= 4 is 0 Å². The van der Waals surface area contributed by atoms with E-state index in [0.717, 1.165) is 25.0 Å². The van der Waals surface area contributed by atoms with E-state index in [9.17, 15) is 0 Å². The lowest BCUT2D eigenvalue weighted by Gasteiger charge is -2.11. The zero-order chi connectivity index (χ0) is 35.6. The van der Waals surface area contributed by atoms with E-state index >= 15 is 0 Å². The number of unbranched alkanes of at least 4 members (excludes halogenated alkanes) is 32. The molecule has 0 saturated heterocycles. The molecule has 0 saturated carbocycles. The molecule has 0 aromatic heterocycles. The fraction of sp³-hybridized carbons (Fsp3) is 1.00. The third-order valence-corrected chi connectivity index (χ3v) is 11.6. The van der Waals surface area contributed by atoms with Crippen LogP contribution in [0.3, 0.4) is 0 Å². The SMILES string of the molecule is CCCCCCCCCCC(C)CCCCCCCCCCCCOCCCCCCCCCCCCC(C)CCCCCCCCCC. The Bertz CT molecular complexity index is 509. The van der Waals surface area contributed by atoms with Crippen molar-refractivity contribution in [2.24, 2.45) is 11.8 Å². The molecule has 0 N–H and O–H groups in total. The first-order valence-electron chi connectivity index (χ1n) is 23.8. The first-order chi connectivity index (χ1) is 24.2. The highest BCUT2D eigenvalue weighted by molar-refractivity contribution is 4.58. The third-order valence-electron chi connectivity index (χ3n) is 11.6. The maximum Gasteiger partial charge on any atom is 0.0466 e. The van der Waals surface area contributed by atoms with Gasteiger partial charge in [-0.25, -0.2) is 0 Å². The number of rotatable bonds is 44. The quantitative estimate of drug-likeness (QED) is 0.0578. The maximum absolute atomic E-state index is 5.93. The molecule has 2 atom stereocenters. The summed E-state index contributed by atoms with van der Waals surface area (Å²) in [5, 5.41) is 0. The second kappa shape index (κ2) is 44.1. The zero-order valence-corrected chi connectivity index (χ0v) is 35.3. The molecular weight excluding hydrogens is 593 g/mol. The van der Waals surface area contributed by atoms with Crippen LogP contribution in [0.1, 0.15) is 285 Å². The van der Waals surface area contributed by atoms with Gasteiger partial charge in [0.15, 0.2) is 0 Å². The molecule has 0 radical (unpaired) electrons. The minimum absolute atomic E-state index is 0.955. The summed E-state index contributed by atoms with van der Waals surface area (Å²) < 4.78 is 5.93. The average molecular weight is 691 g/mol. The predicted molar refractivity (Wildman–Crippen MR) is 225 cm³/mol. The normalized spacial score (nSPS) is 13.0. The lowest BCUT2D eigenvalue weighted by atomic mass is 9.95. The van der Waals surface area contributed by atoms with Gasteiger partial charge in [-0.15, -0.1) is 0 Å². The van der Waals surface area contributed by atoms with Crippen LogP contribution in [0, 0.1) is 11.8 Å². The Hall–Kier alpha value is -0.0400. The van der Waals surface area contributed by atoms with Gasteiger partial charge in [-0.05, 0) is 24.7 Å². The Morgan fingerprint density at radius 1 is 0.245 bits per heavy atom. The van der Waals surface area contributed by atoms with E-state index in [0.29, 0.717) is 0 Å². The molecule has 0 bridgehead atoms. The van der Waals surface area contributed by atoms with Crippen molar-refractivity contribution in [2.75, 3.05) is 13.2 Å². The summed E-state index contributed by atoms with van der Waals surface area (Å²) >= 11 is 0. The smallest absolute Gasteiger partial charge is 0.0466 e. The second-order valence-corrected chi connectivity index (χ2v) is 17.0. The number of hydrogen-bond acceptors (Lipinski definition) is 1. The monoisotopic (exact) mass is 691 g/mol. The van der Waals surface area contributed by atoms with Gasteiger partial charge in [-0.1, -0.05) is 272 Å². The summed E-state index contributed by atoms with van der Waals surface area (Å²) in [7, 11) is 0. The van der Waals surface area contributed by atoms with Crippen LogP contribution < -0.4 is 0 Å². The third kappa shape index (κ3) is 44.0. The standard InChI is InChI=1S/C48H98O/c1-5-7-9-11-13-23-29-35-41-47(3)43-37-31-25-19-15-17-21-27-33-39-45-49-46-40-34-28-22-18-16-20-26-32-38-44-48(4)42-36-30-24-14-12-10-8-6-2/h47-48H,5-46H2,1-4H3. The lowest BCUT2D eigenvalue weighted by molar-refractivity contribution is 0.125. The Morgan fingerprint density at radius 3 is 0.653 bits per heavy atom. The molecule has 296 valence electrons. The molecular formula is C48H98O. The van der Waals surface area contributed by atoms with Gasteiger partial charge >= 0.3 is 0 Å². The van der Waals surface area contributed by atoms with Crippen molar-refractivity contribution < 1.29 is 4.74 Å². The van der Waals surface area contributed by atoms with Crippen molar-refractivity contribution in [1.82, 2.24) is 0 Å². The van der Waals surface area contributed by atoms with Crippen LogP contribution in [0.25, 0.3) is 0 Å². The van der Waals surface area contributed by atoms with E-state index in [2.05, 4.69) is 27.7 Å². The largest absolute Gasteiger partial charge is 0.381 e. The van der Waals surface area contributed by atoms with Crippen LogP contribution in [0.5, 0.6) is 0 Å². The molecule has 0 aliphatic carbocycles. The summed E-state index contributed by atoms with van der Waals surface area (Å²) in [6.07, 6.45) is 57.7. The van der Waals surface area contributed by atoms with Crippen LogP contribution in [-0.2, 0) is 4.74 Å². The van der Waals surface area contributed by atoms with Crippen molar-refractivity contribution in [2.45, 2.75) is 285 Å². The van der Waals surface area contributed by atoms with Gasteiger partial charge in [0.05, 0.1) is 0 Å². The number of ether oxygens (including phenoxy) is 1. The van der Waals surface area contributed by atoms with Crippen molar-refractivity contribution in [3.05, 3.63) is 0 Å². The summed E-state index contributed by atoms with van der Waals surface area (Å²) in [4.78, 5) is 0. The molecule has 49 heavy (non-hydrogen) atoms. The molecule has 0 spiro atoms. The van der Waals surface area contributed by atoms with E-state index in [1.54, 1.807) is 0 Å². The van der Waals surface area contributed by atoms with Gasteiger partial charge in [-0.3, -0.25) is 0 Å². The first-order valence-corrected chi connectivity index (χ1v) is 23.8. The molecule has 0 fully saturated rings. The maximum atomic E-state index is 5.93. The molecule has 2 unspecified atom stereocenters. The molecule has 0 aliphatic heterocycles. The summed E-state index contributed by atoms with van der Waals surface area (Å²) in [6, 6.07) is 0. The minimum Gasteiger partial charge on any atom is -0.381 e. The van der Waals surface area contributed by atoms with Crippen molar-refractivity contribution in [1.29, 1.82) is 0 Å². The summed E-state index contributed by atoms with van der Waals surface area (Å²) in [5.74, 6) is 1.91. The molecule has 0 heterocycles. The van der Waals surface area contributed by atoms with E-state index in [1.165, 1.54) is 257 Å². The predicted octanol–water partition coefficient (Wildman–Crippen LogP) is 17.9. The average Bonchev–Trinajstić information content (AvgIpc) is 3.10. The van der Waals surface area contributed by atoms with E-state index in [1.807, 2.05) is 0 Å². The first kappa shape index (κ1) is 49.0. The van der Waals surface area contributed by atoms with Gasteiger partial charge in [0.1, 0.15) is 0 Å². The highest BCUT2D eigenvalue weighted by atomic mass is 16.5. The molecule has 0 amide bonds. The molecule has 1 heteroatoms. The van der Waals surface area contributed by atoms with Crippen LogP contribution >= 0.6 is 0 Å². The van der Waals surface area contributed by atoms with Gasteiger partial charge < -0.3 is 4.74 Å². The lowest BCUT2D eigenvalue weighted by Crippen LogP contribution is -1.97. The Kier molecular flexibility index (Phi) is 44.1. The van der Waals surface area contributed by atoms with Gasteiger partial charge in [-0.2, -0.15) is 0 Å². The highest BCUT2D eigenvalue weighted by Gasteiger charge is 2.04. The second-order valence-electron chi connectivity index (χ2n) is 17.0. The van der Waals surface area contributed by atoms with Crippen LogP contribution in [0.4, 0.5) is 0 Å². The molecule has 0 aromatic rings. The van der Waals surface area contributed by atoms with Gasteiger partial charge in [0, 0.05) is 13.2 Å². The molecule has 0 aromatic carbocycles.